The molecule has 0 aliphatic rings. The average Bonchev–Trinajstić information content (AvgIpc) is 2.54. The Labute approximate surface area is 145 Å². The van der Waals surface area contributed by atoms with Crippen molar-refractivity contribution in [1.29, 1.82) is 0 Å². The molecule has 0 saturated carbocycles. The summed E-state index contributed by atoms with van der Waals surface area (Å²) in [4.78, 5) is 12.3. The minimum Gasteiger partial charge on any atom is -0.495 e. The van der Waals surface area contributed by atoms with E-state index in [0.717, 1.165) is 0 Å². The molecule has 6 heteroatoms. The van der Waals surface area contributed by atoms with Crippen molar-refractivity contribution in [2.45, 2.75) is 19.4 Å². The predicted molar refractivity (Wildman–Crippen MR) is 92.8 cm³/mol. The van der Waals surface area contributed by atoms with Gasteiger partial charge in [0.25, 0.3) is 5.91 Å². The van der Waals surface area contributed by atoms with Crippen molar-refractivity contribution in [3.8, 4) is 11.5 Å². The van der Waals surface area contributed by atoms with Crippen LogP contribution in [-0.2, 0) is 4.79 Å². The highest BCUT2D eigenvalue weighted by Gasteiger charge is 2.19. The highest BCUT2D eigenvalue weighted by Crippen LogP contribution is 2.27. The number of anilines is 1. The van der Waals surface area contributed by atoms with Gasteiger partial charge in [0.15, 0.2) is 6.10 Å². The number of rotatable bonds is 6. The Balaban J connectivity index is 2.04. The highest BCUT2D eigenvalue weighted by molar-refractivity contribution is 6.32. The third-order valence-corrected chi connectivity index (χ3v) is 3.72. The van der Waals surface area contributed by atoms with Crippen molar-refractivity contribution >= 4 is 34.8 Å². The molecule has 0 aromatic heterocycles. The summed E-state index contributed by atoms with van der Waals surface area (Å²) in [6.07, 6.45) is -0.0877. The number of hydrogen-bond acceptors (Lipinski definition) is 3. The first-order valence-corrected chi connectivity index (χ1v) is 7.85. The van der Waals surface area contributed by atoms with Crippen LogP contribution in [0.1, 0.15) is 13.3 Å². The van der Waals surface area contributed by atoms with Crippen LogP contribution in [0.4, 0.5) is 5.69 Å². The first-order chi connectivity index (χ1) is 11.0. The smallest absolute Gasteiger partial charge is 0.265 e. The van der Waals surface area contributed by atoms with Gasteiger partial charge in [0, 0.05) is 10.7 Å². The summed E-state index contributed by atoms with van der Waals surface area (Å²) in [5.41, 5.74) is 0.582. The predicted octanol–water partition coefficient (Wildman–Crippen LogP) is 4.80. The van der Waals surface area contributed by atoms with Gasteiger partial charge in [-0.25, -0.2) is 0 Å². The number of halogens is 2. The van der Waals surface area contributed by atoms with Gasteiger partial charge in [0.2, 0.25) is 0 Å². The van der Waals surface area contributed by atoms with Crippen LogP contribution in [0.5, 0.6) is 11.5 Å². The Bertz CT molecular complexity index is 674. The number of methoxy groups -OCH3 is 1. The lowest BCUT2D eigenvalue weighted by Crippen LogP contribution is -2.32. The average molecular weight is 354 g/mol. The van der Waals surface area contributed by atoms with Gasteiger partial charge in [-0.15, -0.1) is 0 Å². The Morgan fingerprint density at radius 3 is 2.43 bits per heavy atom. The fourth-order valence-electron chi connectivity index (χ4n) is 1.97. The van der Waals surface area contributed by atoms with Gasteiger partial charge in [0.05, 0.1) is 12.1 Å². The van der Waals surface area contributed by atoms with Gasteiger partial charge in [0.1, 0.15) is 11.5 Å². The van der Waals surface area contributed by atoms with E-state index < -0.39 is 6.10 Å². The highest BCUT2D eigenvalue weighted by atomic mass is 35.5. The molecule has 2 aromatic rings. The first-order valence-electron chi connectivity index (χ1n) is 7.10. The molecule has 2 rings (SSSR count). The Morgan fingerprint density at radius 2 is 1.87 bits per heavy atom. The summed E-state index contributed by atoms with van der Waals surface area (Å²) in [6.45, 7) is 1.88. The molecule has 0 heterocycles. The molecule has 23 heavy (non-hydrogen) atoms. The van der Waals surface area contributed by atoms with Crippen LogP contribution < -0.4 is 14.8 Å². The Hall–Kier alpha value is -1.91. The molecule has 4 nitrogen and oxygen atoms in total. The first kappa shape index (κ1) is 17.4. The molecular formula is C17H17Cl2NO3. The number of hydrogen-bond donors (Lipinski definition) is 1. The minimum absolute atomic E-state index is 0.247. The van der Waals surface area contributed by atoms with E-state index in [4.69, 9.17) is 32.7 Å². The molecule has 0 aliphatic carbocycles. The summed E-state index contributed by atoms with van der Waals surface area (Å²) in [5.74, 6) is 0.891. The van der Waals surface area contributed by atoms with Crippen LogP contribution in [0.15, 0.2) is 42.5 Å². The number of benzene rings is 2. The summed E-state index contributed by atoms with van der Waals surface area (Å²) in [6, 6.07) is 11.9. The topological polar surface area (TPSA) is 47.6 Å². The standard InChI is InChI=1S/C17H17Cl2NO3/c1-3-15(23-13-7-4-11(18)5-8-13)17(21)20-12-6-9-16(22-2)14(19)10-12/h4-10,15H,3H2,1-2H3,(H,20,21)/t15-/m1/s1. The second kappa shape index (κ2) is 8.09. The molecule has 0 radical (unpaired) electrons. The summed E-state index contributed by atoms with van der Waals surface area (Å²) in [5, 5.41) is 3.83. The van der Waals surface area contributed by atoms with Crippen LogP contribution in [0, 0.1) is 0 Å². The Kier molecular flexibility index (Phi) is 6.13. The molecule has 0 spiro atoms. The van der Waals surface area contributed by atoms with E-state index in [0.29, 0.717) is 33.7 Å². The van der Waals surface area contributed by atoms with E-state index in [1.165, 1.54) is 7.11 Å². The van der Waals surface area contributed by atoms with E-state index in [-0.39, 0.29) is 5.91 Å². The van der Waals surface area contributed by atoms with Crippen LogP contribution in [0.25, 0.3) is 0 Å². The van der Waals surface area contributed by atoms with Crippen molar-refractivity contribution in [1.82, 2.24) is 0 Å². The zero-order chi connectivity index (χ0) is 16.8. The maximum absolute atomic E-state index is 12.3. The molecule has 0 unspecified atom stereocenters. The molecule has 1 atom stereocenters. The molecule has 1 amide bonds. The SMILES string of the molecule is CC[C@@H](Oc1ccc(Cl)cc1)C(=O)Nc1ccc(OC)c(Cl)c1. The third-order valence-electron chi connectivity index (χ3n) is 3.17. The lowest BCUT2D eigenvalue weighted by atomic mass is 10.2. The quantitative estimate of drug-likeness (QED) is 0.811. The molecular weight excluding hydrogens is 337 g/mol. The van der Waals surface area contributed by atoms with Crippen molar-refractivity contribution in [3.63, 3.8) is 0 Å². The van der Waals surface area contributed by atoms with Gasteiger partial charge in [-0.3, -0.25) is 4.79 Å². The number of ether oxygens (including phenoxy) is 2. The maximum Gasteiger partial charge on any atom is 0.265 e. The molecule has 2 aromatic carbocycles. The normalized spacial score (nSPS) is 11.7. The third kappa shape index (κ3) is 4.78. The van der Waals surface area contributed by atoms with Crippen molar-refractivity contribution in [2.75, 3.05) is 12.4 Å². The molecule has 1 N–H and O–H groups in total. The molecule has 0 fully saturated rings. The van der Waals surface area contributed by atoms with Gasteiger partial charge in [-0.2, -0.15) is 0 Å². The summed E-state index contributed by atoms with van der Waals surface area (Å²) in [7, 11) is 1.53. The van der Waals surface area contributed by atoms with Gasteiger partial charge in [-0.1, -0.05) is 30.1 Å². The maximum atomic E-state index is 12.3. The zero-order valence-corrected chi connectivity index (χ0v) is 14.3. The number of amides is 1. The van der Waals surface area contributed by atoms with Crippen LogP contribution in [0.2, 0.25) is 10.0 Å². The van der Waals surface area contributed by atoms with E-state index in [1.54, 1.807) is 42.5 Å². The molecule has 0 bridgehead atoms. The summed E-state index contributed by atoms with van der Waals surface area (Å²) < 4.78 is 10.8. The van der Waals surface area contributed by atoms with E-state index >= 15 is 0 Å². The lowest BCUT2D eigenvalue weighted by molar-refractivity contribution is -0.122. The number of nitrogens with one attached hydrogen (secondary N) is 1. The van der Waals surface area contributed by atoms with E-state index in [9.17, 15) is 4.79 Å². The molecule has 0 saturated heterocycles. The number of carbonyl (C=O) groups excluding carboxylic acids is 1. The van der Waals surface area contributed by atoms with Crippen LogP contribution >= 0.6 is 23.2 Å². The van der Waals surface area contributed by atoms with Gasteiger partial charge >= 0.3 is 0 Å². The lowest BCUT2D eigenvalue weighted by Gasteiger charge is -2.17. The van der Waals surface area contributed by atoms with Crippen molar-refractivity contribution in [3.05, 3.63) is 52.5 Å². The second-order valence-corrected chi connectivity index (χ2v) is 5.65. The van der Waals surface area contributed by atoms with E-state index in [1.807, 2.05) is 6.92 Å². The van der Waals surface area contributed by atoms with Gasteiger partial charge < -0.3 is 14.8 Å². The Morgan fingerprint density at radius 1 is 1.17 bits per heavy atom. The van der Waals surface area contributed by atoms with Crippen LogP contribution in [0.3, 0.4) is 0 Å². The minimum atomic E-state index is -0.614. The van der Waals surface area contributed by atoms with Gasteiger partial charge in [-0.05, 0) is 48.9 Å². The molecule has 0 aliphatic heterocycles. The second-order valence-electron chi connectivity index (χ2n) is 4.81. The fourth-order valence-corrected chi connectivity index (χ4v) is 2.35. The van der Waals surface area contributed by atoms with E-state index in [2.05, 4.69) is 5.32 Å². The van der Waals surface area contributed by atoms with Crippen molar-refractivity contribution in [2.24, 2.45) is 0 Å². The largest absolute Gasteiger partial charge is 0.495 e. The summed E-state index contributed by atoms with van der Waals surface area (Å²) >= 11 is 11.9. The van der Waals surface area contributed by atoms with Crippen LogP contribution in [-0.4, -0.2) is 19.1 Å². The zero-order valence-electron chi connectivity index (χ0n) is 12.8. The monoisotopic (exact) mass is 353 g/mol. The molecule has 122 valence electrons. The number of carbonyl (C=O) groups is 1. The fraction of sp³-hybridized carbons (Fsp3) is 0.235. The van der Waals surface area contributed by atoms with Crippen molar-refractivity contribution < 1.29 is 14.3 Å².